The Labute approximate surface area is 188 Å². The van der Waals surface area contributed by atoms with Crippen LogP contribution in [0.4, 0.5) is 13.2 Å². The van der Waals surface area contributed by atoms with E-state index < -0.39 is 12.7 Å². The molecule has 0 aliphatic heterocycles. The normalized spacial score (nSPS) is 15.4. The van der Waals surface area contributed by atoms with Gasteiger partial charge in [-0.1, -0.05) is 31.0 Å². The summed E-state index contributed by atoms with van der Waals surface area (Å²) in [5, 5.41) is 9.26. The molecule has 0 amide bonds. The molecule has 1 saturated carbocycles. The predicted molar refractivity (Wildman–Crippen MR) is 115 cm³/mol. The van der Waals surface area contributed by atoms with Gasteiger partial charge in [-0.15, -0.1) is 10.2 Å². The van der Waals surface area contributed by atoms with Crippen molar-refractivity contribution in [3.63, 3.8) is 0 Å². The van der Waals surface area contributed by atoms with Gasteiger partial charge in [0.25, 0.3) is 0 Å². The Morgan fingerprint density at radius 1 is 1.22 bits per heavy atom. The molecular formula is C22H25F3N4O2S. The van der Waals surface area contributed by atoms with Gasteiger partial charge >= 0.3 is 6.18 Å². The number of hydrogen-bond donors (Lipinski definition) is 0. The molecule has 3 aromatic rings. The van der Waals surface area contributed by atoms with Gasteiger partial charge in [0.15, 0.2) is 16.7 Å². The largest absolute Gasteiger partial charge is 0.461 e. The van der Waals surface area contributed by atoms with E-state index in [1.807, 2.05) is 6.07 Å². The lowest BCUT2D eigenvalue weighted by Crippen LogP contribution is -2.20. The SMILES string of the molecule is Cc1cc(C(=O)CSc2nnc(-c3ccco3)n2C2CCCCC2)c(C)n1CC(F)(F)F. The van der Waals surface area contributed by atoms with E-state index in [4.69, 9.17) is 4.42 Å². The number of carbonyl (C=O) groups is 1. The topological polar surface area (TPSA) is 65.8 Å². The van der Waals surface area contributed by atoms with Gasteiger partial charge in [0.05, 0.1) is 12.0 Å². The number of thioether (sulfide) groups is 1. The fourth-order valence-corrected chi connectivity index (χ4v) is 5.22. The molecule has 0 aromatic carbocycles. The van der Waals surface area contributed by atoms with Crippen LogP contribution in [-0.2, 0) is 6.54 Å². The molecule has 172 valence electrons. The number of ketones is 1. The Morgan fingerprint density at radius 3 is 2.62 bits per heavy atom. The summed E-state index contributed by atoms with van der Waals surface area (Å²) in [6.07, 6.45) is 2.69. The average Bonchev–Trinajstić information content (AvgIpc) is 3.47. The lowest BCUT2D eigenvalue weighted by molar-refractivity contribution is -0.141. The maximum absolute atomic E-state index is 12.9. The van der Waals surface area contributed by atoms with Crippen molar-refractivity contribution >= 4 is 17.5 Å². The molecule has 0 spiro atoms. The van der Waals surface area contributed by atoms with Crippen molar-refractivity contribution < 1.29 is 22.4 Å². The first-order valence-corrected chi connectivity index (χ1v) is 11.6. The van der Waals surface area contributed by atoms with Crippen molar-refractivity contribution in [2.75, 3.05) is 5.75 Å². The van der Waals surface area contributed by atoms with E-state index in [9.17, 15) is 18.0 Å². The van der Waals surface area contributed by atoms with Crippen LogP contribution in [0.2, 0.25) is 0 Å². The molecule has 4 rings (SSSR count). The van der Waals surface area contributed by atoms with Crippen LogP contribution in [-0.4, -0.2) is 37.0 Å². The number of carbonyl (C=O) groups excluding carboxylic acids is 1. The first-order valence-electron chi connectivity index (χ1n) is 10.6. The maximum atomic E-state index is 12.9. The highest BCUT2D eigenvalue weighted by Crippen LogP contribution is 2.36. The molecule has 6 nitrogen and oxygen atoms in total. The molecule has 0 bridgehead atoms. The number of furan rings is 1. The lowest BCUT2D eigenvalue weighted by Gasteiger charge is -2.25. The Balaban J connectivity index is 1.55. The second-order valence-electron chi connectivity index (χ2n) is 8.14. The fourth-order valence-electron chi connectivity index (χ4n) is 4.33. The Bertz CT molecular complexity index is 1080. The van der Waals surface area contributed by atoms with Crippen molar-refractivity contribution in [1.29, 1.82) is 0 Å². The van der Waals surface area contributed by atoms with Gasteiger partial charge in [0.1, 0.15) is 6.54 Å². The number of aryl methyl sites for hydroxylation is 1. The van der Waals surface area contributed by atoms with Crippen LogP contribution in [0.5, 0.6) is 0 Å². The van der Waals surface area contributed by atoms with Gasteiger partial charge < -0.3 is 8.98 Å². The van der Waals surface area contributed by atoms with E-state index in [0.717, 1.165) is 30.3 Å². The third-order valence-electron chi connectivity index (χ3n) is 5.89. The zero-order chi connectivity index (χ0) is 22.9. The summed E-state index contributed by atoms with van der Waals surface area (Å²) in [6, 6.07) is 5.39. The van der Waals surface area contributed by atoms with Crippen molar-refractivity contribution in [3.8, 4) is 11.6 Å². The zero-order valence-electron chi connectivity index (χ0n) is 18.0. The highest BCUT2D eigenvalue weighted by molar-refractivity contribution is 7.99. The van der Waals surface area contributed by atoms with Gasteiger partial charge in [-0.3, -0.25) is 9.36 Å². The van der Waals surface area contributed by atoms with Gasteiger partial charge in [0, 0.05) is 23.0 Å². The molecule has 1 fully saturated rings. The number of rotatable bonds is 7. The molecule has 32 heavy (non-hydrogen) atoms. The summed E-state index contributed by atoms with van der Waals surface area (Å²) >= 11 is 1.27. The lowest BCUT2D eigenvalue weighted by atomic mass is 9.95. The van der Waals surface area contributed by atoms with Crippen LogP contribution >= 0.6 is 11.8 Å². The smallest absolute Gasteiger partial charge is 0.406 e. The number of hydrogen-bond acceptors (Lipinski definition) is 5. The molecule has 0 N–H and O–H groups in total. The highest BCUT2D eigenvalue weighted by atomic mass is 32.2. The predicted octanol–water partition coefficient (Wildman–Crippen LogP) is 6.00. The van der Waals surface area contributed by atoms with E-state index >= 15 is 0 Å². The van der Waals surface area contributed by atoms with E-state index in [2.05, 4.69) is 14.8 Å². The number of aromatic nitrogens is 4. The monoisotopic (exact) mass is 466 g/mol. The first-order chi connectivity index (χ1) is 15.2. The minimum absolute atomic E-state index is 0.0688. The van der Waals surface area contributed by atoms with E-state index in [1.165, 1.54) is 24.2 Å². The van der Waals surface area contributed by atoms with Crippen LogP contribution in [0, 0.1) is 13.8 Å². The molecule has 0 unspecified atom stereocenters. The molecular weight excluding hydrogens is 441 g/mol. The first kappa shape index (κ1) is 22.7. The third kappa shape index (κ3) is 4.79. The molecule has 1 aliphatic rings. The number of alkyl halides is 3. The Hall–Kier alpha value is -2.49. The van der Waals surface area contributed by atoms with Crippen molar-refractivity contribution in [3.05, 3.63) is 41.4 Å². The second kappa shape index (κ2) is 9.17. The van der Waals surface area contributed by atoms with Crippen LogP contribution in [0.25, 0.3) is 11.6 Å². The van der Waals surface area contributed by atoms with Gasteiger partial charge in [-0.05, 0) is 44.9 Å². The summed E-state index contributed by atoms with van der Waals surface area (Å²) in [4.78, 5) is 12.9. The summed E-state index contributed by atoms with van der Waals surface area (Å²) in [5.41, 5.74) is 1.06. The number of Topliss-reactive ketones (excluding diaryl/α,β-unsaturated/α-hetero) is 1. The van der Waals surface area contributed by atoms with Gasteiger partial charge in [0.2, 0.25) is 5.82 Å². The van der Waals surface area contributed by atoms with Crippen molar-refractivity contribution in [2.45, 2.75) is 69.9 Å². The standard InChI is InChI=1S/C22H25F3N4O2S/c1-14-11-17(15(2)28(14)13-22(23,24)25)18(30)12-32-21-27-26-20(19-9-6-10-31-19)29(21)16-7-4-3-5-8-16/h6,9-11,16H,3-5,7-8,12-13H2,1-2H3. The van der Waals surface area contributed by atoms with E-state index in [1.54, 1.807) is 26.2 Å². The number of halogens is 3. The summed E-state index contributed by atoms with van der Waals surface area (Å²) in [5.74, 6) is 1.10. The Kier molecular flexibility index (Phi) is 6.50. The molecule has 1 aliphatic carbocycles. The van der Waals surface area contributed by atoms with E-state index in [0.29, 0.717) is 33.7 Å². The molecule has 0 radical (unpaired) electrons. The zero-order valence-corrected chi connectivity index (χ0v) is 18.8. The Morgan fingerprint density at radius 2 is 1.97 bits per heavy atom. The quantitative estimate of drug-likeness (QED) is 0.316. The molecule has 3 heterocycles. The second-order valence-corrected chi connectivity index (χ2v) is 9.09. The maximum Gasteiger partial charge on any atom is 0.406 e. The van der Waals surface area contributed by atoms with Crippen LogP contribution in [0.3, 0.4) is 0 Å². The summed E-state index contributed by atoms with van der Waals surface area (Å²) in [6.45, 7) is 2.03. The third-order valence-corrected chi connectivity index (χ3v) is 6.83. The number of nitrogens with zero attached hydrogens (tertiary/aromatic N) is 4. The van der Waals surface area contributed by atoms with Crippen molar-refractivity contribution in [1.82, 2.24) is 19.3 Å². The van der Waals surface area contributed by atoms with Crippen LogP contribution in [0.15, 0.2) is 34.0 Å². The molecule has 0 atom stereocenters. The van der Waals surface area contributed by atoms with Crippen LogP contribution < -0.4 is 0 Å². The summed E-state index contributed by atoms with van der Waals surface area (Å²) < 4.78 is 47.4. The van der Waals surface area contributed by atoms with Crippen LogP contribution in [0.1, 0.15) is 59.9 Å². The summed E-state index contributed by atoms with van der Waals surface area (Å²) in [7, 11) is 0. The van der Waals surface area contributed by atoms with Crippen molar-refractivity contribution in [2.24, 2.45) is 0 Å². The molecule has 10 heteroatoms. The highest BCUT2D eigenvalue weighted by Gasteiger charge is 2.31. The molecule has 0 saturated heterocycles. The minimum atomic E-state index is -4.34. The average molecular weight is 467 g/mol. The van der Waals surface area contributed by atoms with Gasteiger partial charge in [-0.25, -0.2) is 0 Å². The van der Waals surface area contributed by atoms with Gasteiger partial charge in [-0.2, -0.15) is 13.2 Å². The molecule has 3 aromatic heterocycles. The fraction of sp³-hybridized carbons (Fsp3) is 0.500. The van der Waals surface area contributed by atoms with E-state index in [-0.39, 0.29) is 17.6 Å². The minimum Gasteiger partial charge on any atom is -0.461 e.